The van der Waals surface area contributed by atoms with Crippen LogP contribution in [0, 0.1) is 5.92 Å². The van der Waals surface area contributed by atoms with Crippen LogP contribution in [0.4, 0.5) is 0 Å². The summed E-state index contributed by atoms with van der Waals surface area (Å²) in [5.74, 6) is 1.00. The molecule has 0 spiro atoms. The van der Waals surface area contributed by atoms with E-state index in [-0.39, 0.29) is 18.1 Å². The van der Waals surface area contributed by atoms with Gasteiger partial charge in [0.15, 0.2) is 0 Å². The Balaban J connectivity index is 2.90. The Labute approximate surface area is 114 Å². The SMILES string of the molecule is CCOC(CC)(CC)c1noc(CC(=O)C(C)C)n1. The van der Waals surface area contributed by atoms with E-state index in [1.165, 1.54) is 0 Å². The molecule has 19 heavy (non-hydrogen) atoms. The predicted octanol–water partition coefficient (Wildman–Crippen LogP) is 2.89. The normalized spacial score (nSPS) is 12.1. The van der Waals surface area contributed by atoms with Crippen LogP contribution in [0.3, 0.4) is 0 Å². The summed E-state index contributed by atoms with van der Waals surface area (Å²) in [6.45, 7) is 10.3. The van der Waals surface area contributed by atoms with E-state index >= 15 is 0 Å². The van der Waals surface area contributed by atoms with Gasteiger partial charge < -0.3 is 9.26 Å². The first-order chi connectivity index (χ1) is 8.99. The van der Waals surface area contributed by atoms with E-state index < -0.39 is 5.60 Å². The van der Waals surface area contributed by atoms with E-state index in [4.69, 9.17) is 9.26 Å². The zero-order valence-electron chi connectivity index (χ0n) is 12.5. The average molecular weight is 268 g/mol. The number of carbonyl (C=O) groups is 1. The molecule has 1 aromatic heterocycles. The Morgan fingerprint density at radius 3 is 2.42 bits per heavy atom. The standard InChI is InChI=1S/C14H24N2O3/c1-6-14(7-2,18-8-3)13-15-12(19-16-13)9-11(17)10(4)5/h10H,6-9H2,1-5H3. The first-order valence-corrected chi connectivity index (χ1v) is 6.98. The van der Waals surface area contributed by atoms with Crippen LogP contribution in [-0.4, -0.2) is 22.5 Å². The van der Waals surface area contributed by atoms with Crippen molar-refractivity contribution in [3.8, 4) is 0 Å². The maximum Gasteiger partial charge on any atom is 0.234 e. The highest BCUT2D eigenvalue weighted by Crippen LogP contribution is 2.30. The van der Waals surface area contributed by atoms with Gasteiger partial charge in [0.1, 0.15) is 11.4 Å². The van der Waals surface area contributed by atoms with E-state index in [2.05, 4.69) is 10.1 Å². The molecule has 5 heteroatoms. The Hall–Kier alpha value is -1.23. The maximum atomic E-state index is 11.7. The fraction of sp³-hybridized carbons (Fsp3) is 0.786. The van der Waals surface area contributed by atoms with Gasteiger partial charge in [-0.25, -0.2) is 0 Å². The largest absolute Gasteiger partial charge is 0.367 e. The maximum absolute atomic E-state index is 11.7. The molecule has 0 aliphatic carbocycles. The van der Waals surface area contributed by atoms with Gasteiger partial charge in [-0.15, -0.1) is 0 Å². The zero-order chi connectivity index (χ0) is 14.5. The highest BCUT2D eigenvalue weighted by molar-refractivity contribution is 5.81. The van der Waals surface area contributed by atoms with Crippen molar-refractivity contribution in [2.75, 3.05) is 6.61 Å². The zero-order valence-corrected chi connectivity index (χ0v) is 12.5. The second-order valence-electron chi connectivity index (χ2n) is 4.94. The van der Waals surface area contributed by atoms with E-state index in [0.717, 1.165) is 12.8 Å². The topological polar surface area (TPSA) is 65.2 Å². The number of nitrogens with zero attached hydrogens (tertiary/aromatic N) is 2. The Morgan fingerprint density at radius 2 is 1.95 bits per heavy atom. The van der Waals surface area contributed by atoms with Gasteiger partial charge in [-0.1, -0.05) is 32.9 Å². The number of rotatable bonds is 8. The summed E-state index contributed by atoms with van der Waals surface area (Å²) in [6.07, 6.45) is 1.74. The molecule has 0 bridgehead atoms. The summed E-state index contributed by atoms with van der Waals surface area (Å²) < 4.78 is 11.0. The van der Waals surface area contributed by atoms with E-state index in [1.54, 1.807) is 0 Å². The molecule has 108 valence electrons. The summed E-state index contributed by atoms with van der Waals surface area (Å²) in [5.41, 5.74) is -0.503. The van der Waals surface area contributed by atoms with Gasteiger partial charge in [-0.2, -0.15) is 4.98 Å². The van der Waals surface area contributed by atoms with Crippen molar-refractivity contribution in [1.82, 2.24) is 10.1 Å². The summed E-state index contributed by atoms with van der Waals surface area (Å²) in [7, 11) is 0. The molecule has 0 aromatic carbocycles. The third-order valence-corrected chi connectivity index (χ3v) is 3.41. The lowest BCUT2D eigenvalue weighted by atomic mass is 9.96. The van der Waals surface area contributed by atoms with Crippen molar-refractivity contribution in [1.29, 1.82) is 0 Å². The highest BCUT2D eigenvalue weighted by atomic mass is 16.5. The smallest absolute Gasteiger partial charge is 0.234 e. The highest BCUT2D eigenvalue weighted by Gasteiger charge is 2.34. The molecule has 0 radical (unpaired) electrons. The number of hydrogen-bond donors (Lipinski definition) is 0. The average Bonchev–Trinajstić information content (AvgIpc) is 2.85. The van der Waals surface area contributed by atoms with Gasteiger partial charge in [0, 0.05) is 12.5 Å². The molecular formula is C14H24N2O3. The van der Waals surface area contributed by atoms with Gasteiger partial charge in [0.25, 0.3) is 0 Å². The minimum atomic E-state index is -0.503. The molecule has 1 rings (SSSR count). The quantitative estimate of drug-likeness (QED) is 0.725. The monoisotopic (exact) mass is 268 g/mol. The number of aromatic nitrogens is 2. The molecule has 5 nitrogen and oxygen atoms in total. The summed E-state index contributed by atoms with van der Waals surface area (Å²) >= 11 is 0. The fourth-order valence-electron chi connectivity index (χ4n) is 1.98. The molecule has 0 saturated heterocycles. The lowest BCUT2D eigenvalue weighted by Crippen LogP contribution is -2.29. The molecule has 0 aliphatic rings. The number of hydrogen-bond acceptors (Lipinski definition) is 5. The van der Waals surface area contributed by atoms with Gasteiger partial charge in [0.05, 0.1) is 6.42 Å². The predicted molar refractivity (Wildman–Crippen MR) is 71.7 cm³/mol. The van der Waals surface area contributed by atoms with Crippen molar-refractivity contribution >= 4 is 5.78 Å². The molecule has 0 saturated carbocycles. The molecule has 0 N–H and O–H groups in total. The summed E-state index contributed by atoms with van der Waals surface area (Å²) in [4.78, 5) is 16.0. The Morgan fingerprint density at radius 1 is 1.32 bits per heavy atom. The van der Waals surface area contributed by atoms with Crippen LogP contribution < -0.4 is 0 Å². The fourth-order valence-corrected chi connectivity index (χ4v) is 1.98. The van der Waals surface area contributed by atoms with E-state index in [1.807, 2.05) is 34.6 Å². The van der Waals surface area contributed by atoms with Gasteiger partial charge in [-0.05, 0) is 19.8 Å². The van der Waals surface area contributed by atoms with Gasteiger partial charge in [0.2, 0.25) is 11.7 Å². The molecule has 0 fully saturated rings. The van der Waals surface area contributed by atoms with Crippen LogP contribution >= 0.6 is 0 Å². The third kappa shape index (κ3) is 3.62. The van der Waals surface area contributed by atoms with Crippen LogP contribution in [0.2, 0.25) is 0 Å². The molecule has 0 unspecified atom stereocenters. The first-order valence-electron chi connectivity index (χ1n) is 6.98. The number of ketones is 1. The summed E-state index contributed by atoms with van der Waals surface area (Å²) in [5, 5.41) is 4.00. The number of ether oxygens (including phenoxy) is 1. The Bertz CT molecular complexity index is 409. The molecule has 0 amide bonds. The summed E-state index contributed by atoms with van der Waals surface area (Å²) in [6, 6.07) is 0. The molecule has 0 aliphatic heterocycles. The van der Waals surface area contributed by atoms with E-state index in [9.17, 15) is 4.79 Å². The van der Waals surface area contributed by atoms with Crippen LogP contribution in [0.5, 0.6) is 0 Å². The van der Waals surface area contributed by atoms with Crippen LogP contribution in [0.15, 0.2) is 4.52 Å². The van der Waals surface area contributed by atoms with Crippen molar-refractivity contribution in [2.45, 2.75) is 59.5 Å². The van der Waals surface area contributed by atoms with Gasteiger partial charge in [-0.3, -0.25) is 4.79 Å². The first kappa shape index (κ1) is 15.8. The van der Waals surface area contributed by atoms with Crippen molar-refractivity contribution in [3.63, 3.8) is 0 Å². The van der Waals surface area contributed by atoms with Crippen LogP contribution in [-0.2, 0) is 21.6 Å². The second kappa shape index (κ2) is 6.80. The Kier molecular flexibility index (Phi) is 5.66. The van der Waals surface area contributed by atoms with Crippen LogP contribution in [0.1, 0.15) is 59.2 Å². The minimum absolute atomic E-state index is 0.0238. The molecule has 0 atom stereocenters. The molecule has 1 heterocycles. The number of Topliss-reactive ketones (excluding diaryl/α,β-unsaturated/α-hetero) is 1. The van der Waals surface area contributed by atoms with Crippen molar-refractivity contribution < 1.29 is 14.1 Å². The lowest BCUT2D eigenvalue weighted by Gasteiger charge is -2.27. The van der Waals surface area contributed by atoms with Crippen LogP contribution in [0.25, 0.3) is 0 Å². The van der Waals surface area contributed by atoms with Crippen molar-refractivity contribution in [2.24, 2.45) is 5.92 Å². The van der Waals surface area contributed by atoms with Crippen molar-refractivity contribution in [3.05, 3.63) is 11.7 Å². The van der Waals surface area contributed by atoms with Gasteiger partial charge >= 0.3 is 0 Å². The van der Waals surface area contributed by atoms with E-state index in [0.29, 0.717) is 18.3 Å². The second-order valence-corrected chi connectivity index (χ2v) is 4.94. The molecule has 1 aromatic rings. The number of carbonyl (C=O) groups excluding carboxylic acids is 1. The third-order valence-electron chi connectivity index (χ3n) is 3.41. The minimum Gasteiger partial charge on any atom is -0.367 e. The molecular weight excluding hydrogens is 244 g/mol. The lowest BCUT2D eigenvalue weighted by molar-refractivity contribution is -0.121.